The first kappa shape index (κ1) is 10.1. The zero-order valence-electron chi connectivity index (χ0n) is 7.85. The maximum atomic E-state index is 11.0. The summed E-state index contributed by atoms with van der Waals surface area (Å²) in [5, 5.41) is -0.483. The summed E-state index contributed by atoms with van der Waals surface area (Å²) in [4.78, 5) is 11.0. The van der Waals surface area contributed by atoms with Crippen molar-refractivity contribution in [3.05, 3.63) is 28.8 Å². The van der Waals surface area contributed by atoms with E-state index in [0.29, 0.717) is 11.3 Å². The molecule has 3 heteroatoms. The molecule has 1 aromatic carbocycles. The topological polar surface area (TPSA) is 26.3 Å². The van der Waals surface area contributed by atoms with Crippen LogP contribution in [0.1, 0.15) is 21.5 Å². The number of benzene rings is 1. The highest BCUT2D eigenvalue weighted by Crippen LogP contribution is 2.26. The van der Waals surface area contributed by atoms with Crippen LogP contribution >= 0.6 is 11.6 Å². The Balaban J connectivity index is 3.38. The standard InChI is InChI=1S/C10H11ClO2/c1-6-4-7(2)9(13-3)8(5-6)10(11)12/h4-5H,1-3H3. The van der Waals surface area contributed by atoms with Crippen LogP contribution in [0.2, 0.25) is 0 Å². The number of rotatable bonds is 2. The smallest absolute Gasteiger partial charge is 0.256 e. The average molecular weight is 199 g/mol. The van der Waals surface area contributed by atoms with E-state index in [2.05, 4.69) is 0 Å². The molecule has 0 atom stereocenters. The summed E-state index contributed by atoms with van der Waals surface area (Å²) in [6.07, 6.45) is 0. The first-order valence-corrected chi connectivity index (χ1v) is 4.29. The van der Waals surface area contributed by atoms with E-state index in [-0.39, 0.29) is 0 Å². The molecule has 0 bridgehead atoms. The minimum atomic E-state index is -0.483. The Morgan fingerprint density at radius 3 is 2.46 bits per heavy atom. The van der Waals surface area contributed by atoms with Crippen molar-refractivity contribution in [3.63, 3.8) is 0 Å². The molecule has 0 fully saturated rings. The molecule has 0 aliphatic carbocycles. The summed E-state index contributed by atoms with van der Waals surface area (Å²) in [5.41, 5.74) is 2.36. The molecule has 1 aromatic rings. The molecule has 1 rings (SSSR count). The number of ether oxygens (including phenoxy) is 1. The molecule has 0 heterocycles. The third-order valence-electron chi connectivity index (χ3n) is 1.83. The second kappa shape index (κ2) is 3.79. The Bertz CT molecular complexity index is 345. The third-order valence-corrected chi connectivity index (χ3v) is 2.04. The van der Waals surface area contributed by atoms with Crippen LogP contribution in [0.5, 0.6) is 5.75 Å². The minimum absolute atomic E-state index is 0.432. The van der Waals surface area contributed by atoms with Crippen molar-refractivity contribution < 1.29 is 9.53 Å². The third kappa shape index (κ3) is 2.01. The van der Waals surface area contributed by atoms with Crippen molar-refractivity contribution in [1.29, 1.82) is 0 Å². The fourth-order valence-corrected chi connectivity index (χ4v) is 1.51. The van der Waals surface area contributed by atoms with Gasteiger partial charge in [-0.1, -0.05) is 6.07 Å². The number of halogens is 1. The number of methoxy groups -OCH3 is 1. The molecule has 0 aromatic heterocycles. The van der Waals surface area contributed by atoms with Gasteiger partial charge in [-0.05, 0) is 42.6 Å². The van der Waals surface area contributed by atoms with E-state index >= 15 is 0 Å². The fraction of sp³-hybridized carbons (Fsp3) is 0.300. The SMILES string of the molecule is COc1c(C)cc(C)cc1C(=O)Cl. The van der Waals surface area contributed by atoms with Crippen LogP contribution in [-0.2, 0) is 0 Å². The van der Waals surface area contributed by atoms with Gasteiger partial charge in [-0.15, -0.1) is 0 Å². The zero-order valence-corrected chi connectivity index (χ0v) is 8.61. The molecule has 13 heavy (non-hydrogen) atoms. The van der Waals surface area contributed by atoms with E-state index in [0.717, 1.165) is 11.1 Å². The van der Waals surface area contributed by atoms with Gasteiger partial charge in [0.1, 0.15) is 5.75 Å². The van der Waals surface area contributed by atoms with E-state index in [1.165, 1.54) is 7.11 Å². The monoisotopic (exact) mass is 198 g/mol. The van der Waals surface area contributed by atoms with Gasteiger partial charge in [0.05, 0.1) is 12.7 Å². The van der Waals surface area contributed by atoms with Gasteiger partial charge in [0.2, 0.25) is 0 Å². The lowest BCUT2D eigenvalue weighted by atomic mass is 10.1. The van der Waals surface area contributed by atoms with Crippen molar-refractivity contribution in [3.8, 4) is 5.75 Å². The number of aryl methyl sites for hydroxylation is 2. The van der Waals surface area contributed by atoms with Crippen LogP contribution in [0.25, 0.3) is 0 Å². The van der Waals surface area contributed by atoms with E-state index in [1.54, 1.807) is 6.07 Å². The largest absolute Gasteiger partial charge is 0.496 e. The van der Waals surface area contributed by atoms with Crippen LogP contribution in [0.4, 0.5) is 0 Å². The van der Waals surface area contributed by atoms with Crippen LogP contribution in [0, 0.1) is 13.8 Å². The van der Waals surface area contributed by atoms with Crippen LogP contribution in [0.15, 0.2) is 12.1 Å². The van der Waals surface area contributed by atoms with Crippen LogP contribution in [-0.4, -0.2) is 12.4 Å². The quantitative estimate of drug-likeness (QED) is 0.683. The van der Waals surface area contributed by atoms with Gasteiger partial charge in [0.15, 0.2) is 0 Å². The molecule has 0 spiro atoms. The minimum Gasteiger partial charge on any atom is -0.496 e. The van der Waals surface area contributed by atoms with Gasteiger partial charge in [-0.25, -0.2) is 0 Å². The van der Waals surface area contributed by atoms with Crippen LogP contribution < -0.4 is 4.74 Å². The van der Waals surface area contributed by atoms with Crippen LogP contribution in [0.3, 0.4) is 0 Å². The number of carbonyl (C=O) groups is 1. The lowest BCUT2D eigenvalue weighted by Crippen LogP contribution is -1.98. The number of hydrogen-bond acceptors (Lipinski definition) is 2. The lowest BCUT2D eigenvalue weighted by molar-refractivity contribution is 0.107. The molecule has 0 N–H and O–H groups in total. The van der Waals surface area contributed by atoms with Crippen molar-refractivity contribution in [2.45, 2.75) is 13.8 Å². The van der Waals surface area contributed by atoms with Gasteiger partial charge in [-0.3, -0.25) is 4.79 Å². The Labute approximate surface area is 82.5 Å². The summed E-state index contributed by atoms with van der Waals surface area (Å²) >= 11 is 5.41. The summed E-state index contributed by atoms with van der Waals surface area (Å²) in [6.45, 7) is 3.80. The molecule has 70 valence electrons. The Morgan fingerprint density at radius 2 is 2.00 bits per heavy atom. The normalized spacial score (nSPS) is 9.85. The molecule has 0 aliphatic heterocycles. The van der Waals surface area contributed by atoms with E-state index in [9.17, 15) is 4.79 Å². The molecule has 0 saturated heterocycles. The molecule has 2 nitrogen and oxygen atoms in total. The summed E-state index contributed by atoms with van der Waals surface area (Å²) < 4.78 is 5.09. The summed E-state index contributed by atoms with van der Waals surface area (Å²) in [6, 6.07) is 3.67. The molecule has 0 radical (unpaired) electrons. The summed E-state index contributed by atoms with van der Waals surface area (Å²) in [7, 11) is 1.53. The van der Waals surface area contributed by atoms with Gasteiger partial charge in [0.25, 0.3) is 5.24 Å². The predicted molar refractivity (Wildman–Crippen MR) is 52.7 cm³/mol. The van der Waals surface area contributed by atoms with Crippen molar-refractivity contribution in [2.75, 3.05) is 7.11 Å². The zero-order chi connectivity index (χ0) is 10.0. The predicted octanol–water partition coefficient (Wildman–Crippen LogP) is 2.69. The maximum Gasteiger partial charge on any atom is 0.256 e. The van der Waals surface area contributed by atoms with E-state index in [1.807, 2.05) is 19.9 Å². The lowest BCUT2D eigenvalue weighted by Gasteiger charge is -2.09. The Morgan fingerprint density at radius 1 is 1.38 bits per heavy atom. The van der Waals surface area contributed by atoms with Crippen molar-refractivity contribution in [1.82, 2.24) is 0 Å². The van der Waals surface area contributed by atoms with Gasteiger partial charge in [0, 0.05) is 0 Å². The van der Waals surface area contributed by atoms with Gasteiger partial charge in [-0.2, -0.15) is 0 Å². The Kier molecular flexibility index (Phi) is 2.94. The number of hydrogen-bond donors (Lipinski definition) is 0. The van der Waals surface area contributed by atoms with E-state index < -0.39 is 5.24 Å². The highest BCUT2D eigenvalue weighted by atomic mass is 35.5. The van der Waals surface area contributed by atoms with E-state index in [4.69, 9.17) is 16.3 Å². The second-order valence-corrected chi connectivity index (χ2v) is 3.28. The van der Waals surface area contributed by atoms with Gasteiger partial charge >= 0.3 is 0 Å². The fourth-order valence-electron chi connectivity index (χ4n) is 1.37. The molecular weight excluding hydrogens is 188 g/mol. The van der Waals surface area contributed by atoms with Crippen molar-refractivity contribution in [2.24, 2.45) is 0 Å². The van der Waals surface area contributed by atoms with Crippen molar-refractivity contribution >= 4 is 16.8 Å². The Hall–Kier alpha value is -1.02. The molecule has 0 aliphatic rings. The highest BCUT2D eigenvalue weighted by Gasteiger charge is 2.12. The first-order valence-electron chi connectivity index (χ1n) is 3.91. The second-order valence-electron chi connectivity index (χ2n) is 2.94. The molecular formula is C10H11ClO2. The summed E-state index contributed by atoms with van der Waals surface area (Å²) in [5.74, 6) is 0.561. The molecule has 0 saturated carbocycles. The molecule has 0 amide bonds. The van der Waals surface area contributed by atoms with Gasteiger partial charge < -0.3 is 4.74 Å². The highest BCUT2D eigenvalue weighted by molar-refractivity contribution is 6.68. The molecule has 0 unspecified atom stereocenters. The average Bonchev–Trinajstić information content (AvgIpc) is 2.02. The number of carbonyl (C=O) groups excluding carboxylic acids is 1. The maximum absolute atomic E-state index is 11.0. The first-order chi connectivity index (χ1) is 6.06.